The minimum Gasteiger partial charge on any atom is -0.0783 e. The lowest BCUT2D eigenvalue weighted by molar-refractivity contribution is -0.145. The third kappa shape index (κ3) is 1.88. The molecule has 3 fully saturated rings. The zero-order valence-electron chi connectivity index (χ0n) is 15.5. The third-order valence-corrected chi connectivity index (χ3v) is 8.74. The van der Waals surface area contributed by atoms with Crippen LogP contribution in [0.4, 0.5) is 0 Å². The Morgan fingerprint density at radius 1 is 0.955 bits per heavy atom. The van der Waals surface area contributed by atoms with Crippen LogP contribution in [0.2, 0.25) is 0 Å². The predicted molar refractivity (Wildman–Crippen MR) is 94.6 cm³/mol. The Labute approximate surface area is 138 Å². The molecule has 0 nitrogen and oxygen atoms in total. The highest BCUT2D eigenvalue weighted by Crippen LogP contribution is 2.70. The molecule has 0 heteroatoms. The average molecular weight is 301 g/mol. The third-order valence-electron chi connectivity index (χ3n) is 8.74. The van der Waals surface area contributed by atoms with E-state index in [0.717, 1.165) is 23.7 Å². The molecule has 5 atom stereocenters. The van der Waals surface area contributed by atoms with E-state index in [1.807, 2.05) is 5.57 Å². The smallest absolute Gasteiger partial charge is 0.00813 e. The molecule has 2 bridgehead atoms. The number of rotatable bonds is 1. The molecule has 0 aromatic heterocycles. The number of hydrogen-bond donors (Lipinski definition) is 0. The number of hydrogen-bond acceptors (Lipinski definition) is 0. The van der Waals surface area contributed by atoms with E-state index in [1.54, 1.807) is 0 Å². The maximum absolute atomic E-state index is 2.84. The van der Waals surface area contributed by atoms with Crippen LogP contribution in [0.25, 0.3) is 0 Å². The van der Waals surface area contributed by atoms with Gasteiger partial charge in [-0.15, -0.1) is 0 Å². The normalized spacial score (nSPS) is 49.5. The van der Waals surface area contributed by atoms with Gasteiger partial charge in [-0.05, 0) is 84.9 Å². The van der Waals surface area contributed by atoms with Crippen LogP contribution in [0, 0.1) is 39.9 Å². The molecule has 0 aromatic rings. The second kappa shape index (κ2) is 4.64. The largest absolute Gasteiger partial charge is 0.0783 e. The first-order valence-corrected chi connectivity index (χ1v) is 10.0. The van der Waals surface area contributed by atoms with Gasteiger partial charge >= 0.3 is 0 Å². The molecule has 3 saturated carbocycles. The molecule has 5 aliphatic rings. The Hall–Kier alpha value is -0.260. The van der Waals surface area contributed by atoms with Crippen molar-refractivity contribution in [1.82, 2.24) is 0 Å². The molecule has 0 heterocycles. The number of allylic oxidation sites excluding steroid dienone is 2. The summed E-state index contributed by atoms with van der Waals surface area (Å²) in [6, 6.07) is 0. The van der Waals surface area contributed by atoms with Crippen molar-refractivity contribution >= 4 is 0 Å². The molecule has 0 saturated heterocycles. The maximum Gasteiger partial charge on any atom is -0.00813 e. The summed E-state index contributed by atoms with van der Waals surface area (Å²) in [6.07, 6.45) is 14.8. The standard InChI is InChI=1S/C22H36/c1-15(2)17-14-22-11-7-16(17)13-19(22)21(5)10-6-9-20(3,4)18(21)8-12-22/h14-16,18-19H,6-13H2,1-5H3. The highest BCUT2D eigenvalue weighted by atomic mass is 14.7. The second-order valence-electron chi connectivity index (χ2n) is 10.5. The van der Waals surface area contributed by atoms with Gasteiger partial charge in [-0.1, -0.05) is 52.7 Å². The van der Waals surface area contributed by atoms with Crippen LogP contribution < -0.4 is 0 Å². The molecule has 0 amide bonds. The minimum atomic E-state index is 0.579. The quantitative estimate of drug-likeness (QED) is 0.478. The molecule has 0 aromatic carbocycles. The first kappa shape index (κ1) is 15.3. The first-order chi connectivity index (χ1) is 10.3. The van der Waals surface area contributed by atoms with E-state index in [-0.39, 0.29) is 0 Å². The molecular weight excluding hydrogens is 264 g/mol. The summed E-state index contributed by atoms with van der Waals surface area (Å²) >= 11 is 0. The molecule has 0 radical (unpaired) electrons. The lowest BCUT2D eigenvalue weighted by Gasteiger charge is -2.67. The fraction of sp³-hybridized carbons (Fsp3) is 0.909. The van der Waals surface area contributed by atoms with E-state index in [9.17, 15) is 0 Å². The van der Waals surface area contributed by atoms with Gasteiger partial charge in [-0.2, -0.15) is 0 Å². The summed E-state index contributed by atoms with van der Waals surface area (Å²) in [6.45, 7) is 12.7. The van der Waals surface area contributed by atoms with Crippen molar-refractivity contribution in [3.63, 3.8) is 0 Å². The molecule has 5 rings (SSSR count). The van der Waals surface area contributed by atoms with Crippen molar-refractivity contribution in [2.45, 2.75) is 86.0 Å². The van der Waals surface area contributed by atoms with Crippen molar-refractivity contribution in [2.24, 2.45) is 39.9 Å². The minimum absolute atomic E-state index is 0.579. The van der Waals surface area contributed by atoms with Crippen LogP contribution in [0.3, 0.4) is 0 Å². The monoisotopic (exact) mass is 300 g/mol. The summed E-state index contributed by atoms with van der Waals surface area (Å²) < 4.78 is 0. The van der Waals surface area contributed by atoms with Crippen molar-refractivity contribution in [1.29, 1.82) is 0 Å². The van der Waals surface area contributed by atoms with E-state index >= 15 is 0 Å². The Bertz CT molecular complexity index is 496. The molecule has 5 unspecified atom stereocenters. The average Bonchev–Trinajstić information content (AvgIpc) is 2.46. The summed E-state index contributed by atoms with van der Waals surface area (Å²) in [5, 5.41) is 0. The van der Waals surface area contributed by atoms with E-state index in [2.05, 4.69) is 40.7 Å². The van der Waals surface area contributed by atoms with Gasteiger partial charge in [0.15, 0.2) is 0 Å². The van der Waals surface area contributed by atoms with Crippen LogP contribution in [0.15, 0.2) is 11.6 Å². The van der Waals surface area contributed by atoms with E-state index in [0.29, 0.717) is 16.2 Å². The van der Waals surface area contributed by atoms with Crippen molar-refractivity contribution in [3.8, 4) is 0 Å². The van der Waals surface area contributed by atoms with Crippen LogP contribution >= 0.6 is 0 Å². The fourth-order valence-electron chi connectivity index (χ4n) is 7.83. The second-order valence-corrected chi connectivity index (χ2v) is 10.5. The molecule has 124 valence electrons. The van der Waals surface area contributed by atoms with Gasteiger partial charge in [-0.3, -0.25) is 0 Å². The molecule has 0 aliphatic heterocycles. The van der Waals surface area contributed by atoms with Gasteiger partial charge in [0, 0.05) is 0 Å². The number of fused-ring (bicyclic) bond motifs is 2. The van der Waals surface area contributed by atoms with E-state index < -0.39 is 0 Å². The fourth-order valence-corrected chi connectivity index (χ4v) is 7.83. The van der Waals surface area contributed by atoms with Crippen LogP contribution in [0.5, 0.6) is 0 Å². The summed E-state index contributed by atoms with van der Waals surface area (Å²) in [5.74, 6) is 3.66. The van der Waals surface area contributed by atoms with Crippen LogP contribution in [0.1, 0.15) is 86.0 Å². The Balaban J connectivity index is 1.75. The predicted octanol–water partition coefficient (Wildman–Crippen LogP) is 6.61. The maximum atomic E-state index is 2.84. The topological polar surface area (TPSA) is 0 Å². The van der Waals surface area contributed by atoms with Gasteiger partial charge in [-0.25, -0.2) is 0 Å². The van der Waals surface area contributed by atoms with Gasteiger partial charge in [0.2, 0.25) is 0 Å². The van der Waals surface area contributed by atoms with Crippen molar-refractivity contribution in [3.05, 3.63) is 11.6 Å². The zero-order chi connectivity index (χ0) is 15.8. The van der Waals surface area contributed by atoms with E-state index in [4.69, 9.17) is 0 Å². The Kier molecular flexibility index (Phi) is 3.22. The zero-order valence-corrected chi connectivity index (χ0v) is 15.5. The summed E-state index contributed by atoms with van der Waals surface area (Å²) in [7, 11) is 0. The Morgan fingerprint density at radius 2 is 1.68 bits per heavy atom. The summed E-state index contributed by atoms with van der Waals surface area (Å²) in [4.78, 5) is 0. The van der Waals surface area contributed by atoms with Crippen molar-refractivity contribution < 1.29 is 0 Å². The lowest BCUT2D eigenvalue weighted by atomic mass is 9.38. The lowest BCUT2D eigenvalue weighted by Crippen LogP contribution is -2.58. The molecule has 5 aliphatic carbocycles. The molecule has 1 spiro atoms. The Morgan fingerprint density at radius 3 is 2.41 bits per heavy atom. The SMILES string of the molecule is CC(C)C1=CC23CCC1CC2C1(C)CCCC(C)(C)C1CC3. The first-order valence-electron chi connectivity index (χ1n) is 10.0. The summed E-state index contributed by atoms with van der Waals surface area (Å²) in [5.41, 5.74) is 3.63. The van der Waals surface area contributed by atoms with Gasteiger partial charge in [0.25, 0.3) is 0 Å². The molecule has 22 heavy (non-hydrogen) atoms. The van der Waals surface area contributed by atoms with Gasteiger partial charge in [0.1, 0.15) is 0 Å². The van der Waals surface area contributed by atoms with Gasteiger partial charge < -0.3 is 0 Å². The molecule has 0 N–H and O–H groups in total. The molecular formula is C22H36. The highest BCUT2D eigenvalue weighted by molar-refractivity contribution is 5.28. The van der Waals surface area contributed by atoms with Crippen molar-refractivity contribution in [2.75, 3.05) is 0 Å². The van der Waals surface area contributed by atoms with Crippen LogP contribution in [-0.4, -0.2) is 0 Å². The van der Waals surface area contributed by atoms with E-state index in [1.165, 1.54) is 51.4 Å². The van der Waals surface area contributed by atoms with Crippen LogP contribution in [-0.2, 0) is 0 Å². The van der Waals surface area contributed by atoms with Gasteiger partial charge in [0.05, 0.1) is 0 Å². The highest BCUT2D eigenvalue weighted by Gasteiger charge is 2.61.